The number of nitrogens with zero attached hydrogens (tertiary/aromatic N) is 1. The van der Waals surface area contributed by atoms with Gasteiger partial charge in [-0.2, -0.15) is 0 Å². The molecule has 0 amide bonds. The van der Waals surface area contributed by atoms with E-state index in [-0.39, 0.29) is 6.10 Å². The van der Waals surface area contributed by atoms with Crippen LogP contribution in [0.4, 0.5) is 0 Å². The van der Waals surface area contributed by atoms with E-state index in [0.717, 1.165) is 32.5 Å². The predicted octanol–water partition coefficient (Wildman–Crippen LogP) is 1.65. The molecular weight excluding hydrogens is 264 g/mol. The summed E-state index contributed by atoms with van der Waals surface area (Å²) in [6.45, 7) is 6.46. The molecule has 2 N–H and O–H groups in total. The van der Waals surface area contributed by atoms with Gasteiger partial charge in [0, 0.05) is 12.6 Å². The molecule has 2 rings (SSSR count). The van der Waals surface area contributed by atoms with E-state index in [0.29, 0.717) is 31.0 Å². The molecule has 2 aliphatic rings. The second-order valence-corrected chi connectivity index (χ2v) is 6.86. The maximum atomic E-state index is 10.0. The van der Waals surface area contributed by atoms with Crippen LogP contribution in [0.1, 0.15) is 32.6 Å². The molecular formula is C17H32N2O2. The van der Waals surface area contributed by atoms with E-state index in [1.54, 1.807) is 0 Å². The maximum absolute atomic E-state index is 10.0. The van der Waals surface area contributed by atoms with E-state index in [4.69, 9.17) is 4.74 Å². The summed E-state index contributed by atoms with van der Waals surface area (Å²) < 4.78 is 5.73. The van der Waals surface area contributed by atoms with Gasteiger partial charge in [-0.25, -0.2) is 0 Å². The SMILES string of the molecule is CC1CC=CCC1COCC(O)CNC1CCN(C)CC1. The van der Waals surface area contributed by atoms with E-state index in [1.165, 1.54) is 12.8 Å². The summed E-state index contributed by atoms with van der Waals surface area (Å²) in [5.74, 6) is 1.31. The number of hydrogen-bond donors (Lipinski definition) is 2. The summed E-state index contributed by atoms with van der Waals surface area (Å²) in [6.07, 6.45) is 8.76. The molecule has 21 heavy (non-hydrogen) atoms. The topological polar surface area (TPSA) is 44.7 Å². The van der Waals surface area contributed by atoms with Crippen LogP contribution >= 0.6 is 0 Å². The third-order valence-electron chi connectivity index (χ3n) is 4.92. The third-order valence-corrected chi connectivity index (χ3v) is 4.92. The van der Waals surface area contributed by atoms with Crippen molar-refractivity contribution in [3.63, 3.8) is 0 Å². The molecule has 122 valence electrons. The zero-order valence-corrected chi connectivity index (χ0v) is 13.6. The Morgan fingerprint density at radius 2 is 2.00 bits per heavy atom. The summed E-state index contributed by atoms with van der Waals surface area (Å²) in [5.41, 5.74) is 0. The zero-order chi connectivity index (χ0) is 15.1. The molecule has 0 saturated carbocycles. The van der Waals surface area contributed by atoms with Gasteiger partial charge < -0.3 is 20.1 Å². The Morgan fingerprint density at radius 1 is 1.29 bits per heavy atom. The monoisotopic (exact) mass is 296 g/mol. The van der Waals surface area contributed by atoms with Gasteiger partial charge in [-0.3, -0.25) is 0 Å². The molecule has 4 nitrogen and oxygen atoms in total. The van der Waals surface area contributed by atoms with E-state index in [2.05, 4.69) is 36.3 Å². The standard InChI is InChI=1S/C17H32N2O2/c1-14-5-3-4-6-15(14)12-21-13-17(20)11-18-16-7-9-19(2)10-8-16/h3-4,14-18,20H,5-13H2,1-2H3. The van der Waals surface area contributed by atoms with Crippen LogP contribution in [0.2, 0.25) is 0 Å². The number of ether oxygens (including phenoxy) is 1. The van der Waals surface area contributed by atoms with Crippen molar-refractivity contribution < 1.29 is 9.84 Å². The van der Waals surface area contributed by atoms with E-state index in [1.807, 2.05) is 0 Å². The minimum absolute atomic E-state index is 0.390. The van der Waals surface area contributed by atoms with Crippen molar-refractivity contribution in [3.05, 3.63) is 12.2 Å². The average Bonchev–Trinajstić information content (AvgIpc) is 2.49. The van der Waals surface area contributed by atoms with Crippen molar-refractivity contribution in [3.8, 4) is 0 Å². The molecule has 1 aliphatic heterocycles. The Morgan fingerprint density at radius 3 is 2.71 bits per heavy atom. The second kappa shape index (κ2) is 8.89. The largest absolute Gasteiger partial charge is 0.389 e. The number of hydrogen-bond acceptors (Lipinski definition) is 4. The molecule has 0 aromatic heterocycles. The summed E-state index contributed by atoms with van der Waals surface area (Å²) in [6, 6.07) is 0.555. The fourth-order valence-corrected chi connectivity index (χ4v) is 3.17. The molecule has 1 fully saturated rings. The second-order valence-electron chi connectivity index (χ2n) is 6.86. The van der Waals surface area contributed by atoms with Crippen molar-refractivity contribution in [2.45, 2.75) is 44.8 Å². The van der Waals surface area contributed by atoms with Crippen LogP contribution in [0, 0.1) is 11.8 Å². The van der Waals surface area contributed by atoms with E-state index >= 15 is 0 Å². The number of rotatable bonds is 7. The van der Waals surface area contributed by atoms with Gasteiger partial charge >= 0.3 is 0 Å². The first-order valence-corrected chi connectivity index (χ1v) is 8.48. The van der Waals surface area contributed by atoms with Crippen molar-refractivity contribution in [2.24, 2.45) is 11.8 Å². The Hall–Kier alpha value is -0.420. The Balaban J connectivity index is 1.53. The molecule has 0 aromatic carbocycles. The Bertz CT molecular complexity index is 314. The quantitative estimate of drug-likeness (QED) is 0.701. The van der Waals surface area contributed by atoms with Crippen molar-refractivity contribution in [1.29, 1.82) is 0 Å². The van der Waals surface area contributed by atoms with Crippen LogP contribution in [0.25, 0.3) is 0 Å². The molecule has 1 aliphatic carbocycles. The number of allylic oxidation sites excluding steroid dienone is 2. The van der Waals surface area contributed by atoms with Gasteiger partial charge in [0.1, 0.15) is 0 Å². The summed E-state index contributed by atoms with van der Waals surface area (Å²) in [7, 11) is 2.17. The minimum atomic E-state index is -0.390. The van der Waals surface area contributed by atoms with Crippen LogP contribution in [0.15, 0.2) is 12.2 Å². The summed E-state index contributed by atoms with van der Waals surface area (Å²) in [5, 5.41) is 13.5. The normalized spacial score (nSPS) is 29.7. The highest BCUT2D eigenvalue weighted by Crippen LogP contribution is 2.24. The lowest BCUT2D eigenvalue weighted by atomic mass is 9.85. The van der Waals surface area contributed by atoms with Crippen molar-refractivity contribution in [2.75, 3.05) is 39.9 Å². The highest BCUT2D eigenvalue weighted by Gasteiger charge is 2.20. The number of piperidine rings is 1. The third kappa shape index (κ3) is 6.07. The lowest BCUT2D eigenvalue weighted by Gasteiger charge is -2.30. The van der Waals surface area contributed by atoms with Crippen LogP contribution in [0.5, 0.6) is 0 Å². The van der Waals surface area contributed by atoms with Gasteiger partial charge in [-0.05, 0) is 57.7 Å². The molecule has 1 heterocycles. The lowest BCUT2D eigenvalue weighted by molar-refractivity contribution is 0.0111. The fourth-order valence-electron chi connectivity index (χ4n) is 3.17. The molecule has 0 radical (unpaired) electrons. The number of aliphatic hydroxyl groups is 1. The zero-order valence-electron chi connectivity index (χ0n) is 13.6. The molecule has 0 bridgehead atoms. The summed E-state index contributed by atoms with van der Waals surface area (Å²) >= 11 is 0. The van der Waals surface area contributed by atoms with Crippen LogP contribution in [0.3, 0.4) is 0 Å². The number of nitrogens with one attached hydrogen (secondary N) is 1. The Labute approximate surface area is 129 Å². The number of aliphatic hydroxyl groups excluding tert-OH is 1. The van der Waals surface area contributed by atoms with Gasteiger partial charge in [-0.15, -0.1) is 0 Å². The molecule has 3 unspecified atom stereocenters. The molecule has 4 heteroatoms. The van der Waals surface area contributed by atoms with Crippen molar-refractivity contribution in [1.82, 2.24) is 10.2 Å². The first-order chi connectivity index (χ1) is 10.1. The van der Waals surface area contributed by atoms with Crippen LogP contribution < -0.4 is 5.32 Å². The van der Waals surface area contributed by atoms with Gasteiger partial charge in [0.25, 0.3) is 0 Å². The molecule has 0 aromatic rings. The number of likely N-dealkylation sites (tertiary alicyclic amines) is 1. The van der Waals surface area contributed by atoms with Gasteiger partial charge in [-0.1, -0.05) is 19.1 Å². The van der Waals surface area contributed by atoms with Crippen LogP contribution in [-0.4, -0.2) is 62.0 Å². The first-order valence-electron chi connectivity index (χ1n) is 8.48. The minimum Gasteiger partial charge on any atom is -0.389 e. The lowest BCUT2D eigenvalue weighted by Crippen LogP contribution is -2.44. The summed E-state index contributed by atoms with van der Waals surface area (Å²) in [4.78, 5) is 2.36. The van der Waals surface area contributed by atoms with E-state index < -0.39 is 0 Å². The predicted molar refractivity (Wildman–Crippen MR) is 86.4 cm³/mol. The average molecular weight is 296 g/mol. The molecule has 1 saturated heterocycles. The smallest absolute Gasteiger partial charge is 0.0897 e. The maximum Gasteiger partial charge on any atom is 0.0897 e. The molecule has 3 atom stereocenters. The van der Waals surface area contributed by atoms with Gasteiger partial charge in [0.05, 0.1) is 19.3 Å². The fraction of sp³-hybridized carbons (Fsp3) is 0.882. The van der Waals surface area contributed by atoms with Gasteiger partial charge in [0.2, 0.25) is 0 Å². The van der Waals surface area contributed by atoms with E-state index in [9.17, 15) is 5.11 Å². The molecule has 0 spiro atoms. The van der Waals surface area contributed by atoms with Gasteiger partial charge in [0.15, 0.2) is 0 Å². The highest BCUT2D eigenvalue weighted by molar-refractivity contribution is 4.93. The van der Waals surface area contributed by atoms with Crippen LogP contribution in [-0.2, 0) is 4.74 Å². The Kier molecular flexibility index (Phi) is 7.17. The van der Waals surface area contributed by atoms with Crippen molar-refractivity contribution >= 4 is 0 Å². The first kappa shape index (κ1) is 16.9. The highest BCUT2D eigenvalue weighted by atomic mass is 16.5.